The van der Waals surface area contributed by atoms with E-state index in [1.54, 1.807) is 6.07 Å². The van der Waals surface area contributed by atoms with Gasteiger partial charge >= 0.3 is 0 Å². The van der Waals surface area contributed by atoms with Crippen LogP contribution in [0.4, 0.5) is 0 Å². The smallest absolute Gasteiger partial charge is 0.244 e. The first-order valence-electron chi connectivity index (χ1n) is 8.75. The molecule has 136 valence electrons. The van der Waals surface area contributed by atoms with E-state index in [1.807, 2.05) is 13.0 Å². The fraction of sp³-hybridized carbons (Fsp3) is 0.667. The minimum atomic E-state index is -3.58. The number of aryl methyl sites for hydroxylation is 1. The van der Waals surface area contributed by atoms with Crippen LogP contribution in [0.15, 0.2) is 17.0 Å². The average molecular weight is 355 g/mol. The highest BCUT2D eigenvalue weighted by Gasteiger charge is 2.22. The van der Waals surface area contributed by atoms with Gasteiger partial charge in [-0.15, -0.1) is 0 Å². The zero-order valence-corrected chi connectivity index (χ0v) is 16.1. The standard InChI is InChI=1S/C18H30N2O3S/c1-14(2)16-13-18(17(23-4)12-15(16)3)24(21,22)19-8-11-20-9-6-5-7-10-20/h12-14,19H,5-11H2,1-4H3. The number of nitrogens with one attached hydrogen (secondary N) is 1. The summed E-state index contributed by atoms with van der Waals surface area (Å²) >= 11 is 0. The van der Waals surface area contributed by atoms with Crippen LogP contribution in [0, 0.1) is 6.92 Å². The number of piperidine rings is 1. The topological polar surface area (TPSA) is 58.6 Å². The largest absolute Gasteiger partial charge is 0.495 e. The third-order valence-corrected chi connectivity index (χ3v) is 6.11. The van der Waals surface area contributed by atoms with Crippen molar-refractivity contribution in [1.82, 2.24) is 9.62 Å². The van der Waals surface area contributed by atoms with E-state index in [0.717, 1.165) is 30.8 Å². The molecule has 0 aliphatic carbocycles. The number of likely N-dealkylation sites (tertiary alicyclic amines) is 1. The van der Waals surface area contributed by atoms with E-state index in [4.69, 9.17) is 4.74 Å². The summed E-state index contributed by atoms with van der Waals surface area (Å²) in [5.74, 6) is 0.667. The van der Waals surface area contributed by atoms with Crippen molar-refractivity contribution in [3.05, 3.63) is 23.3 Å². The van der Waals surface area contributed by atoms with Gasteiger partial charge in [0.2, 0.25) is 10.0 Å². The number of methoxy groups -OCH3 is 1. The molecule has 1 aromatic rings. The second kappa shape index (κ2) is 8.32. The van der Waals surface area contributed by atoms with Crippen molar-refractivity contribution in [2.75, 3.05) is 33.3 Å². The molecule has 0 radical (unpaired) electrons. The highest BCUT2D eigenvalue weighted by atomic mass is 32.2. The molecule has 0 spiro atoms. The molecule has 1 aliphatic heterocycles. The van der Waals surface area contributed by atoms with Gasteiger partial charge in [-0.25, -0.2) is 13.1 Å². The summed E-state index contributed by atoms with van der Waals surface area (Å²) in [4.78, 5) is 2.55. The van der Waals surface area contributed by atoms with E-state index >= 15 is 0 Å². The van der Waals surface area contributed by atoms with Crippen LogP contribution in [0.2, 0.25) is 0 Å². The molecule has 0 aromatic heterocycles. The Morgan fingerprint density at radius 2 is 1.88 bits per heavy atom. The van der Waals surface area contributed by atoms with Crippen LogP contribution in [0.3, 0.4) is 0 Å². The third-order valence-electron chi connectivity index (χ3n) is 4.63. The van der Waals surface area contributed by atoms with Crippen LogP contribution in [-0.2, 0) is 10.0 Å². The fourth-order valence-electron chi connectivity index (χ4n) is 3.27. The van der Waals surface area contributed by atoms with Crippen molar-refractivity contribution >= 4 is 10.0 Å². The van der Waals surface area contributed by atoms with Crippen molar-refractivity contribution in [1.29, 1.82) is 0 Å². The van der Waals surface area contributed by atoms with Crippen LogP contribution >= 0.6 is 0 Å². The van der Waals surface area contributed by atoms with E-state index in [-0.39, 0.29) is 10.8 Å². The van der Waals surface area contributed by atoms with E-state index < -0.39 is 10.0 Å². The fourth-order valence-corrected chi connectivity index (χ4v) is 4.47. The normalized spacial score (nSPS) is 16.5. The lowest BCUT2D eigenvalue weighted by atomic mass is 9.98. The van der Waals surface area contributed by atoms with Gasteiger partial charge in [-0.05, 0) is 62.0 Å². The molecule has 1 aliphatic rings. The van der Waals surface area contributed by atoms with Crippen molar-refractivity contribution in [3.63, 3.8) is 0 Å². The number of hydrogen-bond donors (Lipinski definition) is 1. The highest BCUT2D eigenvalue weighted by Crippen LogP contribution is 2.30. The monoisotopic (exact) mass is 354 g/mol. The van der Waals surface area contributed by atoms with Gasteiger partial charge < -0.3 is 9.64 Å². The summed E-state index contributed by atoms with van der Waals surface area (Å²) in [5, 5.41) is 0. The third kappa shape index (κ3) is 4.71. The van der Waals surface area contributed by atoms with Gasteiger partial charge in [0.15, 0.2) is 0 Å². The Morgan fingerprint density at radius 1 is 1.21 bits per heavy atom. The van der Waals surface area contributed by atoms with Crippen LogP contribution < -0.4 is 9.46 Å². The summed E-state index contributed by atoms with van der Waals surface area (Å²) < 4.78 is 33.5. The Hall–Kier alpha value is -1.11. The van der Waals surface area contributed by atoms with Crippen LogP contribution in [0.25, 0.3) is 0 Å². The molecule has 1 heterocycles. The predicted octanol–water partition coefficient (Wildman–Crippen LogP) is 2.89. The molecule has 24 heavy (non-hydrogen) atoms. The minimum absolute atomic E-state index is 0.234. The first kappa shape index (κ1) is 19.2. The van der Waals surface area contributed by atoms with E-state index in [1.165, 1.54) is 26.4 Å². The summed E-state index contributed by atoms with van der Waals surface area (Å²) in [5.41, 5.74) is 2.08. The zero-order chi connectivity index (χ0) is 17.7. The number of rotatable bonds is 7. The second-order valence-corrected chi connectivity index (χ2v) is 8.55. The molecule has 1 N–H and O–H groups in total. The van der Waals surface area contributed by atoms with Gasteiger partial charge in [-0.2, -0.15) is 0 Å². The Balaban J connectivity index is 2.13. The van der Waals surface area contributed by atoms with Crippen LogP contribution in [0.5, 0.6) is 5.75 Å². The molecular formula is C18H30N2O3S. The lowest BCUT2D eigenvalue weighted by Crippen LogP contribution is -2.37. The first-order valence-corrected chi connectivity index (χ1v) is 10.2. The molecule has 1 saturated heterocycles. The molecule has 2 rings (SSSR count). The predicted molar refractivity (Wildman–Crippen MR) is 97.3 cm³/mol. The Bertz CT molecular complexity index is 650. The van der Waals surface area contributed by atoms with Crippen molar-refractivity contribution in [2.45, 2.75) is 50.8 Å². The Labute approximate surface area is 146 Å². The number of hydrogen-bond acceptors (Lipinski definition) is 4. The molecule has 0 amide bonds. The number of benzene rings is 1. The molecule has 0 bridgehead atoms. The van der Waals surface area contributed by atoms with E-state index in [2.05, 4.69) is 23.5 Å². The molecule has 1 aromatic carbocycles. The summed E-state index contributed by atoms with van der Waals surface area (Å²) in [7, 11) is -2.07. The molecule has 0 atom stereocenters. The maximum atomic E-state index is 12.7. The summed E-state index contributed by atoms with van der Waals surface area (Å²) in [6, 6.07) is 3.57. The maximum absolute atomic E-state index is 12.7. The highest BCUT2D eigenvalue weighted by molar-refractivity contribution is 7.89. The average Bonchev–Trinajstić information content (AvgIpc) is 2.54. The molecule has 5 nitrogen and oxygen atoms in total. The van der Waals surface area contributed by atoms with Gasteiger partial charge in [-0.1, -0.05) is 20.3 Å². The Kier molecular flexibility index (Phi) is 6.66. The van der Waals surface area contributed by atoms with Gasteiger partial charge in [0.25, 0.3) is 0 Å². The number of ether oxygens (including phenoxy) is 1. The molecular weight excluding hydrogens is 324 g/mol. The van der Waals surface area contributed by atoms with Gasteiger partial charge in [0, 0.05) is 13.1 Å². The van der Waals surface area contributed by atoms with Crippen molar-refractivity contribution in [3.8, 4) is 5.75 Å². The van der Waals surface area contributed by atoms with Gasteiger partial charge in [0.1, 0.15) is 10.6 Å². The number of sulfonamides is 1. The minimum Gasteiger partial charge on any atom is -0.495 e. The van der Waals surface area contributed by atoms with Gasteiger partial charge in [-0.3, -0.25) is 0 Å². The van der Waals surface area contributed by atoms with Crippen LogP contribution in [0.1, 0.15) is 50.2 Å². The Morgan fingerprint density at radius 3 is 2.46 bits per heavy atom. The maximum Gasteiger partial charge on any atom is 0.244 e. The SMILES string of the molecule is COc1cc(C)c(C(C)C)cc1S(=O)(=O)NCCN1CCCCC1. The lowest BCUT2D eigenvalue weighted by molar-refractivity contribution is 0.232. The van der Waals surface area contributed by atoms with Crippen LogP contribution in [-0.4, -0.2) is 46.6 Å². The van der Waals surface area contributed by atoms with Gasteiger partial charge in [0.05, 0.1) is 7.11 Å². The molecule has 1 fully saturated rings. The molecule has 0 unspecified atom stereocenters. The van der Waals surface area contributed by atoms with Crippen molar-refractivity contribution < 1.29 is 13.2 Å². The molecule has 6 heteroatoms. The quantitative estimate of drug-likeness (QED) is 0.818. The first-order chi connectivity index (χ1) is 11.3. The number of nitrogens with zero attached hydrogens (tertiary/aromatic N) is 1. The summed E-state index contributed by atoms with van der Waals surface area (Å²) in [6.07, 6.45) is 3.69. The van der Waals surface area contributed by atoms with E-state index in [9.17, 15) is 8.42 Å². The van der Waals surface area contributed by atoms with Crippen molar-refractivity contribution in [2.24, 2.45) is 0 Å². The molecule has 0 saturated carbocycles. The second-order valence-electron chi connectivity index (χ2n) is 6.81. The van der Waals surface area contributed by atoms with E-state index in [0.29, 0.717) is 12.3 Å². The lowest BCUT2D eigenvalue weighted by Gasteiger charge is -2.26. The summed E-state index contributed by atoms with van der Waals surface area (Å²) in [6.45, 7) is 9.42. The zero-order valence-electron chi connectivity index (χ0n) is 15.3.